The molecule has 0 aromatic heterocycles. The molecule has 1 aromatic carbocycles. The van der Waals surface area contributed by atoms with Gasteiger partial charge in [0, 0.05) is 24.2 Å². The van der Waals surface area contributed by atoms with E-state index in [1.807, 2.05) is 0 Å². The van der Waals surface area contributed by atoms with Crippen molar-refractivity contribution in [3.63, 3.8) is 0 Å². The van der Waals surface area contributed by atoms with Crippen LogP contribution in [0.3, 0.4) is 0 Å². The molecule has 3 rings (SSSR count). The van der Waals surface area contributed by atoms with Crippen LogP contribution in [0.4, 0.5) is 5.69 Å². The van der Waals surface area contributed by atoms with E-state index >= 15 is 0 Å². The number of rotatable bonds is 0. The maximum absolute atomic E-state index is 3.66. The Morgan fingerprint density at radius 1 is 1.33 bits per heavy atom. The van der Waals surface area contributed by atoms with Crippen molar-refractivity contribution in [1.82, 2.24) is 5.32 Å². The van der Waals surface area contributed by atoms with Gasteiger partial charge in [0.05, 0.1) is 0 Å². The number of fused-ring (bicyclic) bond motifs is 3. The smallest absolute Gasteiger partial charge is 0.0379 e. The minimum atomic E-state index is 0.664. The molecule has 0 aliphatic carbocycles. The predicted octanol–water partition coefficient (Wildman–Crippen LogP) is 2.26. The van der Waals surface area contributed by atoms with Crippen LogP contribution in [0.2, 0.25) is 0 Å². The van der Waals surface area contributed by atoms with Gasteiger partial charge in [-0.15, -0.1) is 0 Å². The highest BCUT2D eigenvalue weighted by Crippen LogP contribution is 2.38. The Hall–Kier alpha value is -1.02. The van der Waals surface area contributed by atoms with Crippen LogP contribution in [0.5, 0.6) is 0 Å². The fourth-order valence-corrected chi connectivity index (χ4v) is 2.87. The number of hydrogen-bond acceptors (Lipinski definition) is 2. The minimum absolute atomic E-state index is 0.664. The average Bonchev–Trinajstić information content (AvgIpc) is 2.44. The summed E-state index contributed by atoms with van der Waals surface area (Å²) in [5, 5.41) is 7.20. The molecule has 2 N–H and O–H groups in total. The number of aryl methyl sites for hydroxylation is 1. The lowest BCUT2D eigenvalue weighted by molar-refractivity contribution is 0.580. The van der Waals surface area contributed by atoms with Gasteiger partial charge in [0.2, 0.25) is 0 Å². The maximum Gasteiger partial charge on any atom is 0.0379 e. The zero-order valence-electron chi connectivity index (χ0n) is 9.22. The Balaban J connectivity index is 1.98. The lowest BCUT2D eigenvalue weighted by Gasteiger charge is -2.16. The Bertz CT molecular complexity index is 373. The van der Waals surface area contributed by atoms with Crippen LogP contribution in [0.25, 0.3) is 0 Å². The fraction of sp³-hybridized carbons (Fsp3) is 0.538. The van der Waals surface area contributed by atoms with E-state index in [1.165, 1.54) is 36.2 Å². The zero-order valence-corrected chi connectivity index (χ0v) is 9.22. The Labute approximate surface area is 91.1 Å². The van der Waals surface area contributed by atoms with Crippen LogP contribution < -0.4 is 10.6 Å². The first-order valence-corrected chi connectivity index (χ1v) is 5.92. The SMILES string of the molecule is Cc1ccc2c(c1)[C@H]1CNCCC[C@H]1N2. The molecule has 0 spiro atoms. The van der Waals surface area contributed by atoms with Gasteiger partial charge in [-0.2, -0.15) is 0 Å². The Kier molecular flexibility index (Phi) is 2.17. The molecule has 1 aromatic rings. The second-order valence-electron chi connectivity index (χ2n) is 4.79. The molecule has 80 valence electrons. The summed E-state index contributed by atoms with van der Waals surface area (Å²) in [5.41, 5.74) is 4.26. The Morgan fingerprint density at radius 3 is 3.20 bits per heavy atom. The number of hydrogen-bond donors (Lipinski definition) is 2. The summed E-state index contributed by atoms with van der Waals surface area (Å²) >= 11 is 0. The average molecular weight is 202 g/mol. The molecule has 2 aliphatic rings. The summed E-state index contributed by atoms with van der Waals surface area (Å²) in [4.78, 5) is 0. The van der Waals surface area contributed by atoms with Crippen molar-refractivity contribution in [2.24, 2.45) is 0 Å². The molecule has 0 radical (unpaired) electrons. The van der Waals surface area contributed by atoms with E-state index in [0.29, 0.717) is 12.0 Å². The van der Waals surface area contributed by atoms with Gasteiger partial charge in [-0.25, -0.2) is 0 Å². The lowest BCUT2D eigenvalue weighted by Crippen LogP contribution is -2.25. The standard InChI is InChI=1S/C13H18N2/c1-9-4-5-13-10(7-9)11-8-14-6-2-3-12(11)15-13/h4-5,7,11-12,14-15H,2-3,6,8H2,1H3/t11-,12-/m1/s1. The van der Waals surface area contributed by atoms with Gasteiger partial charge in [0.1, 0.15) is 0 Å². The monoisotopic (exact) mass is 202 g/mol. The van der Waals surface area contributed by atoms with Crippen molar-refractivity contribution >= 4 is 5.69 Å². The topological polar surface area (TPSA) is 24.1 Å². The molecule has 15 heavy (non-hydrogen) atoms. The van der Waals surface area contributed by atoms with Gasteiger partial charge in [-0.3, -0.25) is 0 Å². The minimum Gasteiger partial charge on any atom is -0.381 e. The third-order valence-electron chi connectivity index (χ3n) is 3.67. The van der Waals surface area contributed by atoms with Gasteiger partial charge in [-0.1, -0.05) is 17.7 Å². The van der Waals surface area contributed by atoms with E-state index in [-0.39, 0.29) is 0 Å². The van der Waals surface area contributed by atoms with Gasteiger partial charge in [-0.05, 0) is 37.9 Å². The molecular weight excluding hydrogens is 184 g/mol. The second kappa shape index (κ2) is 3.53. The van der Waals surface area contributed by atoms with Crippen molar-refractivity contribution < 1.29 is 0 Å². The molecule has 2 heterocycles. The summed E-state index contributed by atoms with van der Waals surface area (Å²) in [6.45, 7) is 4.49. The van der Waals surface area contributed by atoms with Crippen molar-refractivity contribution in [2.75, 3.05) is 18.4 Å². The first-order chi connectivity index (χ1) is 7.34. The number of anilines is 1. The van der Waals surface area contributed by atoms with Crippen LogP contribution in [0.1, 0.15) is 29.9 Å². The Morgan fingerprint density at radius 2 is 2.27 bits per heavy atom. The van der Waals surface area contributed by atoms with Crippen molar-refractivity contribution in [2.45, 2.75) is 31.7 Å². The summed E-state index contributed by atoms with van der Waals surface area (Å²) in [6, 6.07) is 7.45. The molecule has 1 saturated heterocycles. The second-order valence-corrected chi connectivity index (χ2v) is 4.79. The molecule has 0 saturated carbocycles. The number of benzene rings is 1. The third kappa shape index (κ3) is 1.53. The van der Waals surface area contributed by atoms with Crippen molar-refractivity contribution in [1.29, 1.82) is 0 Å². The van der Waals surface area contributed by atoms with E-state index in [1.54, 1.807) is 0 Å². The van der Waals surface area contributed by atoms with Crippen LogP contribution in [0, 0.1) is 6.92 Å². The van der Waals surface area contributed by atoms with E-state index in [9.17, 15) is 0 Å². The first-order valence-electron chi connectivity index (χ1n) is 5.92. The van der Waals surface area contributed by atoms with Gasteiger partial charge >= 0.3 is 0 Å². The molecular formula is C13H18N2. The van der Waals surface area contributed by atoms with E-state index in [4.69, 9.17) is 0 Å². The molecule has 2 heteroatoms. The molecule has 2 aliphatic heterocycles. The van der Waals surface area contributed by atoms with E-state index in [2.05, 4.69) is 35.8 Å². The van der Waals surface area contributed by atoms with Crippen LogP contribution >= 0.6 is 0 Å². The summed E-state index contributed by atoms with van der Waals surface area (Å²) in [6.07, 6.45) is 2.59. The lowest BCUT2D eigenvalue weighted by atomic mass is 9.93. The predicted molar refractivity (Wildman–Crippen MR) is 63.4 cm³/mol. The first kappa shape index (κ1) is 9.22. The highest BCUT2D eigenvalue weighted by atomic mass is 15.0. The zero-order chi connectivity index (χ0) is 10.3. The molecule has 0 unspecified atom stereocenters. The van der Waals surface area contributed by atoms with Crippen molar-refractivity contribution in [3.05, 3.63) is 29.3 Å². The largest absolute Gasteiger partial charge is 0.381 e. The molecule has 0 amide bonds. The van der Waals surface area contributed by atoms with Crippen LogP contribution in [-0.4, -0.2) is 19.1 Å². The normalized spacial score (nSPS) is 28.9. The van der Waals surface area contributed by atoms with Crippen LogP contribution in [-0.2, 0) is 0 Å². The third-order valence-corrected chi connectivity index (χ3v) is 3.67. The fourth-order valence-electron chi connectivity index (χ4n) is 2.87. The van der Waals surface area contributed by atoms with Gasteiger partial charge in [0.25, 0.3) is 0 Å². The van der Waals surface area contributed by atoms with Crippen LogP contribution in [0.15, 0.2) is 18.2 Å². The van der Waals surface area contributed by atoms with Gasteiger partial charge in [0.15, 0.2) is 0 Å². The quantitative estimate of drug-likeness (QED) is 0.674. The van der Waals surface area contributed by atoms with E-state index in [0.717, 1.165) is 6.54 Å². The summed E-state index contributed by atoms with van der Waals surface area (Å²) in [5.74, 6) is 0.683. The van der Waals surface area contributed by atoms with E-state index < -0.39 is 0 Å². The molecule has 2 nitrogen and oxygen atoms in total. The number of nitrogens with one attached hydrogen (secondary N) is 2. The molecule has 1 fully saturated rings. The van der Waals surface area contributed by atoms with Crippen molar-refractivity contribution in [3.8, 4) is 0 Å². The molecule has 2 atom stereocenters. The van der Waals surface area contributed by atoms with Gasteiger partial charge < -0.3 is 10.6 Å². The highest BCUT2D eigenvalue weighted by molar-refractivity contribution is 5.60. The maximum atomic E-state index is 3.66. The highest BCUT2D eigenvalue weighted by Gasteiger charge is 2.32. The summed E-state index contributed by atoms with van der Waals surface area (Å²) in [7, 11) is 0. The molecule has 0 bridgehead atoms. The summed E-state index contributed by atoms with van der Waals surface area (Å²) < 4.78 is 0.